The molecule has 7 nitrogen and oxygen atoms in total. The number of nitrogens with one attached hydrogen (secondary N) is 1. The number of anilines is 3. The first-order valence-electron chi connectivity index (χ1n) is 11.4. The zero-order valence-corrected chi connectivity index (χ0v) is 19.7. The van der Waals surface area contributed by atoms with Crippen molar-refractivity contribution in [1.82, 2.24) is 0 Å². The second-order valence-corrected chi connectivity index (χ2v) is 8.48. The van der Waals surface area contributed by atoms with Crippen molar-refractivity contribution in [3.05, 3.63) is 107 Å². The fourth-order valence-electron chi connectivity index (χ4n) is 4.21. The number of nitrogens with zero attached hydrogens (tertiary/aromatic N) is 2. The van der Waals surface area contributed by atoms with Crippen LogP contribution in [0.2, 0.25) is 0 Å². The van der Waals surface area contributed by atoms with E-state index in [1.54, 1.807) is 36.4 Å². The zero-order chi connectivity index (χ0) is 27.9. The molecule has 1 aliphatic rings. The minimum Gasteiger partial charge on any atom is -0.505 e. The summed E-state index contributed by atoms with van der Waals surface area (Å²) >= 11 is 0. The molecule has 39 heavy (non-hydrogen) atoms. The zero-order valence-electron chi connectivity index (χ0n) is 19.7. The first kappa shape index (κ1) is 25.5. The van der Waals surface area contributed by atoms with Gasteiger partial charge in [0.2, 0.25) is 0 Å². The Morgan fingerprint density at radius 1 is 0.872 bits per heavy atom. The topological polar surface area (TPSA) is 102 Å². The quantitative estimate of drug-likeness (QED) is 0.156. The third-order valence-corrected chi connectivity index (χ3v) is 6.07. The lowest BCUT2D eigenvalue weighted by Gasteiger charge is -2.18. The summed E-state index contributed by atoms with van der Waals surface area (Å²) < 4.78 is 53.9. The number of carbonyl (C=O) groups excluding carboxylic acids is 1. The molecule has 0 aromatic heterocycles. The predicted molar refractivity (Wildman–Crippen MR) is 136 cm³/mol. The summed E-state index contributed by atoms with van der Waals surface area (Å²) in [5, 5.41) is 24.2. The predicted octanol–water partition coefficient (Wildman–Crippen LogP) is 6.41. The SMILES string of the molecule is O=C(O)c1cccc(-c2cccc(NN=C3C(=O)N(c4ccc(C(F)(F)F)cc4F)c4ccccc43)c2O)c1. The van der Waals surface area contributed by atoms with Crippen molar-refractivity contribution < 1.29 is 37.4 Å². The van der Waals surface area contributed by atoms with Crippen LogP contribution in [0.5, 0.6) is 5.75 Å². The number of carboxylic acid groups (broad SMARTS) is 1. The highest BCUT2D eigenvalue weighted by Crippen LogP contribution is 2.40. The minimum absolute atomic E-state index is 0.0225. The van der Waals surface area contributed by atoms with E-state index in [4.69, 9.17) is 0 Å². The summed E-state index contributed by atoms with van der Waals surface area (Å²) in [4.78, 5) is 25.6. The molecule has 0 fully saturated rings. The molecule has 0 atom stereocenters. The summed E-state index contributed by atoms with van der Waals surface area (Å²) in [6.45, 7) is 0. The average Bonchev–Trinajstić information content (AvgIpc) is 3.18. The summed E-state index contributed by atoms with van der Waals surface area (Å²) in [5.74, 6) is -3.44. The highest BCUT2D eigenvalue weighted by Gasteiger charge is 2.38. The number of hydrogen-bond donors (Lipinski definition) is 3. The number of hydrazone groups is 1. The van der Waals surface area contributed by atoms with Gasteiger partial charge in [0.15, 0.2) is 5.71 Å². The van der Waals surface area contributed by atoms with Gasteiger partial charge in [-0.2, -0.15) is 18.3 Å². The molecule has 1 heterocycles. The molecule has 0 unspecified atom stereocenters. The number of phenolic OH excluding ortho intramolecular Hbond substituents is 1. The molecule has 1 aliphatic heterocycles. The number of amides is 1. The van der Waals surface area contributed by atoms with Gasteiger partial charge in [-0.05, 0) is 48.0 Å². The Bertz CT molecular complexity index is 1670. The Kier molecular flexibility index (Phi) is 6.27. The molecule has 3 N–H and O–H groups in total. The van der Waals surface area contributed by atoms with E-state index >= 15 is 0 Å². The Labute approximate surface area is 218 Å². The maximum atomic E-state index is 14.8. The largest absolute Gasteiger partial charge is 0.505 e. The van der Waals surface area contributed by atoms with Gasteiger partial charge in [0.1, 0.15) is 11.6 Å². The molecule has 0 aliphatic carbocycles. The third-order valence-electron chi connectivity index (χ3n) is 6.07. The van der Waals surface area contributed by atoms with E-state index < -0.39 is 29.4 Å². The number of fused-ring (bicyclic) bond motifs is 1. The third kappa shape index (κ3) is 4.65. The van der Waals surface area contributed by atoms with Crippen molar-refractivity contribution in [2.24, 2.45) is 5.10 Å². The molecule has 5 rings (SSSR count). The first-order chi connectivity index (χ1) is 18.6. The second kappa shape index (κ2) is 9.60. The lowest BCUT2D eigenvalue weighted by atomic mass is 10.0. The van der Waals surface area contributed by atoms with Gasteiger partial charge in [-0.3, -0.25) is 15.1 Å². The van der Waals surface area contributed by atoms with E-state index in [9.17, 15) is 37.4 Å². The summed E-state index contributed by atoms with van der Waals surface area (Å²) in [5.41, 5.74) is 2.23. The molecule has 4 aromatic rings. The van der Waals surface area contributed by atoms with Crippen LogP contribution in [0.25, 0.3) is 11.1 Å². The van der Waals surface area contributed by atoms with Gasteiger partial charge in [-0.15, -0.1) is 0 Å². The number of halogens is 4. The first-order valence-corrected chi connectivity index (χ1v) is 11.4. The van der Waals surface area contributed by atoms with Crippen molar-refractivity contribution in [3.63, 3.8) is 0 Å². The number of carboxylic acids is 1. The average molecular weight is 535 g/mol. The smallest absolute Gasteiger partial charge is 0.416 e. The number of aromatic carboxylic acids is 1. The molecule has 0 saturated heterocycles. The van der Waals surface area contributed by atoms with Crippen LogP contribution in [0.1, 0.15) is 21.5 Å². The van der Waals surface area contributed by atoms with Gasteiger partial charge in [0.05, 0.1) is 28.2 Å². The van der Waals surface area contributed by atoms with Gasteiger partial charge in [0.25, 0.3) is 5.91 Å². The van der Waals surface area contributed by atoms with E-state index in [2.05, 4.69) is 10.5 Å². The van der Waals surface area contributed by atoms with Crippen LogP contribution in [0.15, 0.2) is 90.0 Å². The summed E-state index contributed by atoms with van der Waals surface area (Å²) in [6, 6.07) is 18.7. The number of phenols is 1. The lowest BCUT2D eigenvalue weighted by molar-refractivity contribution is -0.137. The second-order valence-electron chi connectivity index (χ2n) is 8.48. The normalized spacial score (nSPS) is 14.0. The molecule has 0 bridgehead atoms. The maximum absolute atomic E-state index is 14.8. The van der Waals surface area contributed by atoms with E-state index in [1.165, 1.54) is 30.3 Å². The highest BCUT2D eigenvalue weighted by atomic mass is 19.4. The summed E-state index contributed by atoms with van der Waals surface area (Å²) in [7, 11) is 0. The van der Waals surface area contributed by atoms with Crippen molar-refractivity contribution in [1.29, 1.82) is 0 Å². The van der Waals surface area contributed by atoms with Gasteiger partial charge >= 0.3 is 12.1 Å². The monoisotopic (exact) mass is 535 g/mol. The van der Waals surface area contributed by atoms with Gasteiger partial charge < -0.3 is 10.2 Å². The Balaban J connectivity index is 1.50. The number of aromatic hydroxyl groups is 1. The highest BCUT2D eigenvalue weighted by molar-refractivity contribution is 6.55. The maximum Gasteiger partial charge on any atom is 0.416 e. The van der Waals surface area contributed by atoms with E-state index in [-0.39, 0.29) is 34.1 Å². The molecule has 0 spiro atoms. The molecule has 4 aromatic carbocycles. The number of benzene rings is 4. The fourth-order valence-corrected chi connectivity index (χ4v) is 4.21. The van der Waals surface area contributed by atoms with Crippen molar-refractivity contribution in [2.75, 3.05) is 10.3 Å². The van der Waals surface area contributed by atoms with E-state index in [1.807, 2.05) is 0 Å². The number of alkyl halides is 3. The van der Waals surface area contributed by atoms with Crippen LogP contribution in [-0.4, -0.2) is 27.8 Å². The van der Waals surface area contributed by atoms with Crippen molar-refractivity contribution in [2.45, 2.75) is 6.18 Å². The number of hydrogen-bond acceptors (Lipinski definition) is 5. The Morgan fingerprint density at radius 3 is 2.31 bits per heavy atom. The molecular weight excluding hydrogens is 518 g/mol. The van der Waals surface area contributed by atoms with Crippen LogP contribution in [-0.2, 0) is 11.0 Å². The number of carbonyl (C=O) groups is 2. The minimum atomic E-state index is -4.76. The standard InChI is InChI=1S/C28H17F4N3O4/c29-20-14-17(28(30,31)32)11-12-23(20)35-22-10-2-1-7-19(22)24(26(35)37)34-33-21-9-4-8-18(25(21)36)15-5-3-6-16(13-15)27(38)39/h1-14,33,36H,(H,38,39). The Hall–Kier alpha value is -5.19. The molecular formula is C28H17F4N3O4. The number of rotatable bonds is 5. The fraction of sp³-hybridized carbons (Fsp3) is 0.0357. The van der Waals surface area contributed by atoms with E-state index in [0.29, 0.717) is 28.8 Å². The van der Waals surface area contributed by atoms with Crippen LogP contribution >= 0.6 is 0 Å². The number of para-hydroxylation sites is 2. The summed E-state index contributed by atoms with van der Waals surface area (Å²) in [6.07, 6.45) is -4.76. The molecule has 196 valence electrons. The van der Waals surface area contributed by atoms with Crippen LogP contribution < -0.4 is 10.3 Å². The van der Waals surface area contributed by atoms with Gasteiger partial charge in [0, 0.05) is 11.1 Å². The van der Waals surface area contributed by atoms with Crippen molar-refractivity contribution in [3.8, 4) is 16.9 Å². The molecule has 1 amide bonds. The van der Waals surface area contributed by atoms with Crippen LogP contribution in [0.4, 0.5) is 34.6 Å². The molecule has 0 saturated carbocycles. The molecule has 0 radical (unpaired) electrons. The Morgan fingerprint density at radius 2 is 1.59 bits per heavy atom. The van der Waals surface area contributed by atoms with Gasteiger partial charge in [-0.1, -0.05) is 42.5 Å². The van der Waals surface area contributed by atoms with Crippen molar-refractivity contribution >= 4 is 34.7 Å². The van der Waals surface area contributed by atoms with E-state index in [0.717, 1.165) is 11.0 Å². The van der Waals surface area contributed by atoms with Crippen LogP contribution in [0, 0.1) is 5.82 Å². The molecule has 11 heteroatoms. The van der Waals surface area contributed by atoms with Gasteiger partial charge in [-0.25, -0.2) is 9.18 Å². The lowest BCUT2D eigenvalue weighted by Crippen LogP contribution is -2.27. The van der Waals surface area contributed by atoms with Crippen LogP contribution in [0.3, 0.4) is 0 Å².